The summed E-state index contributed by atoms with van der Waals surface area (Å²) in [4.78, 5) is 11.5. The molecule has 5 rings (SSSR count). The Bertz CT molecular complexity index is 1420. The molecule has 0 bridgehead atoms. The van der Waals surface area contributed by atoms with Crippen LogP contribution in [-0.4, -0.2) is 31.6 Å². The maximum absolute atomic E-state index is 11.7. The van der Waals surface area contributed by atoms with E-state index in [0.29, 0.717) is 42.8 Å². The number of carbonyl (C=O) groups is 1. The number of benzene rings is 3. The first-order chi connectivity index (χ1) is 19.1. The number of hydrogen-bond acceptors (Lipinski definition) is 5. The molecule has 0 atom stereocenters. The third-order valence-electron chi connectivity index (χ3n) is 8.43. The fourth-order valence-corrected chi connectivity index (χ4v) is 10.9. The van der Waals surface area contributed by atoms with Crippen molar-refractivity contribution in [3.8, 4) is 5.75 Å². The number of fused-ring (bicyclic) bond motifs is 1. The average molecular weight is 559 g/mol. The van der Waals surface area contributed by atoms with Gasteiger partial charge in [-0.15, -0.1) is 0 Å². The molecule has 0 amide bonds. The molecule has 3 aromatic carbocycles. The van der Waals surface area contributed by atoms with E-state index in [1.54, 1.807) is 7.11 Å². The molecule has 1 saturated carbocycles. The third-order valence-corrected chi connectivity index (χ3v) is 13.4. The Balaban J connectivity index is 1.55. The summed E-state index contributed by atoms with van der Waals surface area (Å²) in [6.07, 6.45) is 1.62. The Morgan fingerprint density at radius 2 is 1.55 bits per heavy atom. The first-order valence-corrected chi connectivity index (χ1v) is 15.8. The summed E-state index contributed by atoms with van der Waals surface area (Å²) >= 11 is 0. The van der Waals surface area contributed by atoms with E-state index >= 15 is 0 Å². The Labute approximate surface area is 236 Å². The van der Waals surface area contributed by atoms with Crippen molar-refractivity contribution in [1.82, 2.24) is 0 Å². The SMILES string of the molecule is COc1ccc(C2(O)CCC(C(=O)O)CC2)c2cc(CO[Si](c3ccccc3)(c3ccccc3)C(C)(C)C)oc12. The van der Waals surface area contributed by atoms with Crippen LogP contribution in [0.2, 0.25) is 5.04 Å². The lowest BCUT2D eigenvalue weighted by Gasteiger charge is -2.42. The Morgan fingerprint density at radius 3 is 2.05 bits per heavy atom. The molecule has 4 aromatic rings. The maximum atomic E-state index is 11.7. The lowest BCUT2D eigenvalue weighted by Crippen LogP contribution is -2.66. The van der Waals surface area contributed by atoms with E-state index in [9.17, 15) is 15.0 Å². The summed E-state index contributed by atoms with van der Waals surface area (Å²) in [5, 5.41) is 24.1. The Kier molecular flexibility index (Phi) is 7.66. The summed E-state index contributed by atoms with van der Waals surface area (Å²) in [5.41, 5.74) is 0.179. The normalized spacial score (nSPS) is 20.0. The fourth-order valence-electron chi connectivity index (χ4n) is 6.34. The first-order valence-electron chi connectivity index (χ1n) is 13.9. The number of carboxylic acid groups (broad SMARTS) is 1. The van der Waals surface area contributed by atoms with Gasteiger partial charge < -0.3 is 23.8 Å². The number of ether oxygens (including phenoxy) is 1. The van der Waals surface area contributed by atoms with Crippen LogP contribution in [0.1, 0.15) is 57.8 Å². The molecular weight excluding hydrogens is 520 g/mol. The Hall–Kier alpha value is -3.39. The molecule has 0 spiro atoms. The molecule has 7 heteroatoms. The summed E-state index contributed by atoms with van der Waals surface area (Å²) in [7, 11) is -1.18. The van der Waals surface area contributed by atoms with Gasteiger partial charge in [0.25, 0.3) is 8.32 Å². The molecule has 1 aromatic heterocycles. The molecule has 210 valence electrons. The maximum Gasteiger partial charge on any atom is 0.306 e. The molecule has 1 aliphatic carbocycles. The van der Waals surface area contributed by atoms with Crippen molar-refractivity contribution in [2.24, 2.45) is 5.92 Å². The van der Waals surface area contributed by atoms with Gasteiger partial charge in [0.1, 0.15) is 5.76 Å². The second-order valence-corrected chi connectivity index (χ2v) is 16.2. The number of furan rings is 1. The van der Waals surface area contributed by atoms with Crippen LogP contribution in [0.25, 0.3) is 11.0 Å². The van der Waals surface area contributed by atoms with Crippen LogP contribution < -0.4 is 15.1 Å². The van der Waals surface area contributed by atoms with E-state index in [2.05, 4.69) is 69.3 Å². The summed E-state index contributed by atoms with van der Waals surface area (Å²) < 4.78 is 19.1. The van der Waals surface area contributed by atoms with Crippen molar-refractivity contribution < 1.29 is 28.6 Å². The van der Waals surface area contributed by atoms with Gasteiger partial charge in [0.15, 0.2) is 11.3 Å². The van der Waals surface area contributed by atoms with Crippen molar-refractivity contribution in [1.29, 1.82) is 0 Å². The van der Waals surface area contributed by atoms with E-state index in [1.165, 1.54) is 10.4 Å². The Morgan fingerprint density at radius 1 is 0.975 bits per heavy atom. The van der Waals surface area contributed by atoms with Gasteiger partial charge in [0.05, 0.1) is 25.2 Å². The minimum Gasteiger partial charge on any atom is -0.493 e. The second-order valence-electron chi connectivity index (χ2n) is 11.9. The van der Waals surface area contributed by atoms with Gasteiger partial charge in [-0.2, -0.15) is 0 Å². The predicted molar refractivity (Wildman–Crippen MR) is 159 cm³/mol. The number of rotatable bonds is 8. The van der Waals surface area contributed by atoms with Crippen molar-refractivity contribution in [3.05, 3.63) is 90.2 Å². The van der Waals surface area contributed by atoms with Gasteiger partial charge in [0, 0.05) is 5.39 Å². The van der Waals surface area contributed by atoms with Crippen LogP contribution in [0, 0.1) is 5.92 Å². The third kappa shape index (κ3) is 4.98. The molecule has 1 aliphatic rings. The lowest BCUT2D eigenvalue weighted by atomic mass is 9.74. The minimum absolute atomic E-state index is 0.178. The van der Waals surface area contributed by atoms with Gasteiger partial charge in [-0.3, -0.25) is 4.79 Å². The van der Waals surface area contributed by atoms with Gasteiger partial charge in [-0.1, -0.05) is 87.5 Å². The highest BCUT2D eigenvalue weighted by atomic mass is 28.4. The van der Waals surface area contributed by atoms with Crippen LogP contribution in [0.5, 0.6) is 5.75 Å². The van der Waals surface area contributed by atoms with Crippen molar-refractivity contribution in [2.45, 2.75) is 63.7 Å². The van der Waals surface area contributed by atoms with Gasteiger partial charge >= 0.3 is 5.97 Å². The molecule has 0 unspecified atom stereocenters. The first kappa shape index (κ1) is 28.1. The average Bonchev–Trinajstić information content (AvgIpc) is 3.37. The molecule has 6 nitrogen and oxygen atoms in total. The zero-order valence-electron chi connectivity index (χ0n) is 23.6. The van der Waals surface area contributed by atoms with Gasteiger partial charge in [0.2, 0.25) is 0 Å². The summed E-state index contributed by atoms with van der Waals surface area (Å²) in [6.45, 7) is 6.97. The van der Waals surface area contributed by atoms with Crippen molar-refractivity contribution >= 4 is 35.6 Å². The summed E-state index contributed by atoms with van der Waals surface area (Å²) in [6, 6.07) is 26.6. The van der Waals surface area contributed by atoms with E-state index in [1.807, 2.05) is 30.3 Å². The molecule has 1 fully saturated rings. The molecule has 0 radical (unpaired) electrons. The monoisotopic (exact) mass is 558 g/mol. The molecular formula is C33H38O6Si. The molecule has 0 aliphatic heterocycles. The molecule has 0 saturated heterocycles. The highest BCUT2D eigenvalue weighted by Gasteiger charge is 2.50. The van der Waals surface area contributed by atoms with Gasteiger partial charge in [-0.05, 0) is 58.8 Å². The van der Waals surface area contributed by atoms with Crippen LogP contribution >= 0.6 is 0 Å². The van der Waals surface area contributed by atoms with Crippen LogP contribution in [-0.2, 0) is 21.4 Å². The van der Waals surface area contributed by atoms with Gasteiger partial charge in [-0.25, -0.2) is 0 Å². The highest BCUT2D eigenvalue weighted by molar-refractivity contribution is 6.99. The lowest BCUT2D eigenvalue weighted by molar-refractivity contribution is -0.144. The number of aliphatic hydroxyl groups is 1. The molecule has 40 heavy (non-hydrogen) atoms. The minimum atomic E-state index is -2.78. The van der Waals surface area contributed by atoms with E-state index in [0.717, 1.165) is 10.9 Å². The summed E-state index contributed by atoms with van der Waals surface area (Å²) in [5.74, 6) is 0.0108. The fraction of sp³-hybridized carbons (Fsp3) is 0.364. The van der Waals surface area contributed by atoms with Crippen molar-refractivity contribution in [2.75, 3.05) is 7.11 Å². The van der Waals surface area contributed by atoms with E-state index < -0.39 is 25.8 Å². The highest BCUT2D eigenvalue weighted by Crippen LogP contribution is 2.45. The zero-order valence-corrected chi connectivity index (χ0v) is 24.6. The van der Waals surface area contributed by atoms with E-state index in [-0.39, 0.29) is 11.6 Å². The van der Waals surface area contributed by atoms with E-state index in [4.69, 9.17) is 13.6 Å². The van der Waals surface area contributed by atoms with Crippen LogP contribution in [0.4, 0.5) is 0 Å². The quantitative estimate of drug-likeness (QED) is 0.259. The van der Waals surface area contributed by atoms with Crippen molar-refractivity contribution in [3.63, 3.8) is 0 Å². The topological polar surface area (TPSA) is 89.1 Å². The molecule has 2 N–H and O–H groups in total. The molecule has 1 heterocycles. The van der Waals surface area contributed by atoms with Crippen LogP contribution in [0.3, 0.4) is 0 Å². The number of methoxy groups -OCH3 is 1. The predicted octanol–water partition coefficient (Wildman–Crippen LogP) is 5.98. The zero-order chi connectivity index (χ0) is 28.5. The standard InChI is InChI=1S/C33H38O6Si/c1-32(2,3)40(25-11-7-5-8-12-25,26-13-9-6-10-14-26)38-22-24-21-27-28(15-16-29(37-4)30(27)39-24)33(36)19-17-23(18-20-33)31(34)35/h5-16,21,23,36H,17-20,22H2,1-4H3,(H,34,35). The number of hydrogen-bond donors (Lipinski definition) is 2. The smallest absolute Gasteiger partial charge is 0.306 e. The van der Waals surface area contributed by atoms with Crippen LogP contribution in [0.15, 0.2) is 83.3 Å². The number of carboxylic acids is 1. The second kappa shape index (κ2) is 10.9. The largest absolute Gasteiger partial charge is 0.493 e. The number of aliphatic carboxylic acids is 1.